The van der Waals surface area contributed by atoms with Crippen molar-refractivity contribution in [3.63, 3.8) is 0 Å². The van der Waals surface area contributed by atoms with Gasteiger partial charge in [-0.15, -0.1) is 0 Å². The van der Waals surface area contributed by atoms with E-state index in [1.807, 2.05) is 40.8 Å². The number of hydrogen-bond acceptors (Lipinski definition) is 3. The quantitative estimate of drug-likeness (QED) is 0.675. The molecule has 2 aromatic rings. The molecule has 0 aliphatic carbocycles. The third-order valence-electron chi connectivity index (χ3n) is 3.43. The first-order valence-electron chi connectivity index (χ1n) is 6.91. The molecule has 1 unspecified atom stereocenters. The van der Waals surface area contributed by atoms with Gasteiger partial charge < -0.3 is 19.8 Å². The molecule has 3 heterocycles. The van der Waals surface area contributed by atoms with E-state index in [-0.39, 0.29) is 6.10 Å². The maximum atomic E-state index is 6.04. The lowest BCUT2D eigenvalue weighted by molar-refractivity contribution is 0.00528. The number of nitrogens with zero attached hydrogens (tertiary/aromatic N) is 4. The van der Waals surface area contributed by atoms with Crippen LogP contribution in [0.5, 0.6) is 0 Å². The molecule has 0 saturated carbocycles. The highest BCUT2D eigenvalue weighted by Gasteiger charge is 2.17. The number of pyridine rings is 1. The Kier molecular flexibility index (Phi) is 3.98. The number of fused-ring (bicyclic) bond motifs is 1. The number of nitrogens with two attached hydrogens (primary N) is 1. The van der Waals surface area contributed by atoms with E-state index in [9.17, 15) is 0 Å². The predicted octanol–water partition coefficient (Wildman–Crippen LogP) is 1.52. The lowest BCUT2D eigenvalue weighted by Gasteiger charge is -2.31. The Hall–Kier alpha value is -1.79. The number of guanidine groups is 1. The molecule has 7 heteroatoms. The van der Waals surface area contributed by atoms with Gasteiger partial charge in [0, 0.05) is 25.5 Å². The summed E-state index contributed by atoms with van der Waals surface area (Å²) in [6, 6.07) is 3.70. The monoisotopic (exact) mass is 307 g/mol. The molecule has 112 valence electrons. The van der Waals surface area contributed by atoms with Gasteiger partial charge in [0.25, 0.3) is 0 Å². The van der Waals surface area contributed by atoms with Crippen molar-refractivity contribution in [2.45, 2.75) is 19.6 Å². The summed E-state index contributed by atoms with van der Waals surface area (Å²) in [6.07, 6.45) is 3.93. The minimum absolute atomic E-state index is 0.185. The molecule has 0 spiro atoms. The normalized spacial score (nSPS) is 20.2. The Morgan fingerprint density at radius 1 is 1.52 bits per heavy atom. The van der Waals surface area contributed by atoms with Gasteiger partial charge in [0.15, 0.2) is 5.96 Å². The van der Waals surface area contributed by atoms with Crippen molar-refractivity contribution in [1.82, 2.24) is 14.3 Å². The Balaban J connectivity index is 1.71. The fraction of sp³-hybridized carbons (Fsp3) is 0.429. The first-order chi connectivity index (χ1) is 10.1. The van der Waals surface area contributed by atoms with Gasteiger partial charge in [-0.05, 0) is 19.1 Å². The zero-order valence-corrected chi connectivity index (χ0v) is 12.6. The van der Waals surface area contributed by atoms with Crippen molar-refractivity contribution in [3.05, 3.63) is 35.2 Å². The molecule has 0 amide bonds. The van der Waals surface area contributed by atoms with Gasteiger partial charge in [0.2, 0.25) is 0 Å². The van der Waals surface area contributed by atoms with Crippen LogP contribution in [0.4, 0.5) is 0 Å². The van der Waals surface area contributed by atoms with Crippen molar-refractivity contribution in [3.8, 4) is 0 Å². The molecule has 3 rings (SSSR count). The topological polar surface area (TPSA) is 68.2 Å². The zero-order chi connectivity index (χ0) is 14.8. The maximum Gasteiger partial charge on any atom is 0.191 e. The van der Waals surface area contributed by atoms with Crippen LogP contribution in [0.3, 0.4) is 0 Å². The van der Waals surface area contributed by atoms with Crippen LogP contribution >= 0.6 is 11.6 Å². The van der Waals surface area contributed by atoms with Gasteiger partial charge in [-0.2, -0.15) is 0 Å². The fourth-order valence-electron chi connectivity index (χ4n) is 2.38. The second kappa shape index (κ2) is 5.91. The van der Waals surface area contributed by atoms with Crippen LogP contribution in [0.25, 0.3) is 5.65 Å². The van der Waals surface area contributed by atoms with Crippen LogP contribution < -0.4 is 5.73 Å². The number of ether oxygens (including phenoxy) is 1. The van der Waals surface area contributed by atoms with E-state index in [1.54, 1.807) is 0 Å². The predicted molar refractivity (Wildman–Crippen MR) is 82.5 cm³/mol. The lowest BCUT2D eigenvalue weighted by Crippen LogP contribution is -2.47. The molecule has 2 aromatic heterocycles. The second-order valence-electron chi connectivity index (χ2n) is 5.15. The summed E-state index contributed by atoms with van der Waals surface area (Å²) in [5, 5.41) is 0.678. The Morgan fingerprint density at radius 2 is 2.38 bits per heavy atom. The summed E-state index contributed by atoms with van der Waals surface area (Å²) in [6.45, 7) is 4.73. The maximum absolute atomic E-state index is 6.04. The number of aromatic nitrogens is 2. The molecule has 1 aliphatic heterocycles. The number of halogens is 1. The second-order valence-corrected chi connectivity index (χ2v) is 5.58. The zero-order valence-electron chi connectivity index (χ0n) is 11.9. The Morgan fingerprint density at radius 3 is 3.19 bits per heavy atom. The highest BCUT2D eigenvalue weighted by atomic mass is 35.5. The van der Waals surface area contributed by atoms with Crippen LogP contribution in [0, 0.1) is 0 Å². The van der Waals surface area contributed by atoms with Gasteiger partial charge in [-0.25, -0.2) is 9.98 Å². The molecule has 0 aromatic carbocycles. The standard InChI is InChI=1S/C14H18ClN5O/c1-10-7-19(4-5-21-10)14(16)17-6-12-9-20-8-11(15)2-3-13(20)18-12/h2-3,8-10H,4-7H2,1H3,(H2,16,17). The molecular weight excluding hydrogens is 290 g/mol. The van der Waals surface area contributed by atoms with Gasteiger partial charge in [0.1, 0.15) is 5.65 Å². The van der Waals surface area contributed by atoms with Gasteiger partial charge in [-0.1, -0.05) is 11.6 Å². The van der Waals surface area contributed by atoms with Crippen molar-refractivity contribution in [2.24, 2.45) is 10.7 Å². The first kappa shape index (κ1) is 14.2. The van der Waals surface area contributed by atoms with Gasteiger partial charge in [-0.3, -0.25) is 0 Å². The largest absolute Gasteiger partial charge is 0.375 e. The molecule has 6 nitrogen and oxygen atoms in total. The summed E-state index contributed by atoms with van der Waals surface area (Å²) < 4.78 is 7.38. The molecule has 2 N–H and O–H groups in total. The number of imidazole rings is 1. The third kappa shape index (κ3) is 3.28. The summed E-state index contributed by atoms with van der Waals surface area (Å²) in [5.74, 6) is 0.542. The van der Waals surface area contributed by atoms with Gasteiger partial charge >= 0.3 is 0 Å². The number of rotatable bonds is 2. The van der Waals surface area contributed by atoms with E-state index in [4.69, 9.17) is 22.1 Å². The van der Waals surface area contributed by atoms with Crippen molar-refractivity contribution in [2.75, 3.05) is 19.7 Å². The minimum Gasteiger partial charge on any atom is -0.375 e. The van der Waals surface area contributed by atoms with Crippen LogP contribution in [-0.4, -0.2) is 46.0 Å². The van der Waals surface area contributed by atoms with E-state index < -0.39 is 0 Å². The van der Waals surface area contributed by atoms with E-state index >= 15 is 0 Å². The summed E-state index contributed by atoms with van der Waals surface area (Å²) in [7, 11) is 0. The van der Waals surface area contributed by atoms with E-state index in [0.29, 0.717) is 24.1 Å². The minimum atomic E-state index is 0.185. The Labute approximate surface area is 128 Å². The number of aliphatic imine (C=N–C) groups is 1. The average molecular weight is 308 g/mol. The van der Waals surface area contributed by atoms with Crippen LogP contribution in [0.15, 0.2) is 29.5 Å². The van der Waals surface area contributed by atoms with E-state index in [0.717, 1.165) is 24.4 Å². The number of hydrogen-bond donors (Lipinski definition) is 1. The summed E-state index contributed by atoms with van der Waals surface area (Å²) in [5.41, 5.74) is 7.75. The van der Waals surface area contributed by atoms with Crippen molar-refractivity contribution >= 4 is 23.2 Å². The highest BCUT2D eigenvalue weighted by molar-refractivity contribution is 6.30. The van der Waals surface area contributed by atoms with Crippen molar-refractivity contribution < 1.29 is 4.74 Å². The SMILES string of the molecule is CC1CN(C(N)=NCc2cn3cc(Cl)ccc3n2)CCO1. The third-order valence-corrected chi connectivity index (χ3v) is 3.66. The molecule has 21 heavy (non-hydrogen) atoms. The summed E-state index contributed by atoms with van der Waals surface area (Å²) in [4.78, 5) is 11.0. The van der Waals surface area contributed by atoms with E-state index in [1.165, 1.54) is 0 Å². The molecular formula is C14H18ClN5O. The smallest absolute Gasteiger partial charge is 0.191 e. The first-order valence-corrected chi connectivity index (χ1v) is 7.29. The van der Waals surface area contributed by atoms with Crippen molar-refractivity contribution in [1.29, 1.82) is 0 Å². The molecule has 1 aliphatic rings. The molecule has 0 bridgehead atoms. The number of morpholine rings is 1. The molecule has 1 saturated heterocycles. The Bertz CT molecular complexity index is 668. The summed E-state index contributed by atoms with van der Waals surface area (Å²) >= 11 is 5.96. The highest BCUT2D eigenvalue weighted by Crippen LogP contribution is 2.12. The average Bonchev–Trinajstić information content (AvgIpc) is 2.86. The molecule has 0 radical (unpaired) electrons. The fourth-order valence-corrected chi connectivity index (χ4v) is 2.55. The van der Waals surface area contributed by atoms with E-state index in [2.05, 4.69) is 9.98 Å². The van der Waals surface area contributed by atoms with Crippen LogP contribution in [0.2, 0.25) is 5.02 Å². The molecule has 1 fully saturated rings. The van der Waals surface area contributed by atoms with Gasteiger partial charge in [0.05, 0.1) is 30.0 Å². The van der Waals surface area contributed by atoms with Crippen LogP contribution in [0.1, 0.15) is 12.6 Å². The van der Waals surface area contributed by atoms with Crippen LogP contribution in [-0.2, 0) is 11.3 Å². The lowest BCUT2D eigenvalue weighted by atomic mass is 10.3. The molecule has 1 atom stereocenters.